The molecule has 0 bridgehead atoms. The van der Waals surface area contributed by atoms with Gasteiger partial charge < -0.3 is 10.2 Å². The van der Waals surface area contributed by atoms with Gasteiger partial charge in [0.05, 0.1) is 4.88 Å². The van der Waals surface area contributed by atoms with Gasteiger partial charge in [-0.05, 0) is 67.5 Å². The molecule has 0 unspecified atom stereocenters. The highest BCUT2D eigenvalue weighted by molar-refractivity contribution is 7.14. The van der Waals surface area contributed by atoms with E-state index in [0.717, 1.165) is 42.1 Å². The second-order valence-corrected chi connectivity index (χ2v) is 8.19. The molecule has 1 aliphatic heterocycles. The molecule has 1 aliphatic carbocycles. The smallest absolute Gasteiger partial charge is 0.265 e. The summed E-state index contributed by atoms with van der Waals surface area (Å²) in [5, 5.41) is 2.98. The molecular formula is C20H22N2O2S. The minimum Gasteiger partial charge on any atom is -0.321 e. The lowest BCUT2D eigenvalue weighted by molar-refractivity contribution is -0.117. The van der Waals surface area contributed by atoms with Crippen LogP contribution in [-0.2, 0) is 17.6 Å². The van der Waals surface area contributed by atoms with Crippen molar-refractivity contribution >= 4 is 34.5 Å². The molecule has 0 saturated carbocycles. The van der Waals surface area contributed by atoms with Gasteiger partial charge in [-0.25, -0.2) is 0 Å². The predicted octanol–water partition coefficient (Wildman–Crippen LogP) is 4.25. The van der Waals surface area contributed by atoms with Crippen LogP contribution < -0.4 is 10.2 Å². The summed E-state index contributed by atoms with van der Waals surface area (Å²) in [6.07, 6.45) is 4.93. The third-order valence-corrected chi connectivity index (χ3v) is 6.30. The Kier molecular flexibility index (Phi) is 4.34. The van der Waals surface area contributed by atoms with Crippen LogP contribution in [-0.4, -0.2) is 18.4 Å². The number of nitrogens with zero attached hydrogens (tertiary/aromatic N) is 1. The van der Waals surface area contributed by atoms with Crippen LogP contribution in [0.25, 0.3) is 0 Å². The topological polar surface area (TPSA) is 49.4 Å². The highest BCUT2D eigenvalue weighted by atomic mass is 32.1. The maximum atomic E-state index is 12.5. The van der Waals surface area contributed by atoms with Crippen LogP contribution in [0.2, 0.25) is 0 Å². The number of aryl methyl sites for hydroxylation is 1. The van der Waals surface area contributed by atoms with Crippen molar-refractivity contribution in [3.63, 3.8) is 0 Å². The molecule has 1 saturated heterocycles. The van der Waals surface area contributed by atoms with Crippen molar-refractivity contribution in [1.82, 2.24) is 0 Å². The Hall–Kier alpha value is -2.14. The number of hydrogen-bond donors (Lipinski definition) is 1. The standard InChI is InChI=1S/C20H22N2O2S/c1-13-4-9-17-14(11-13)12-18(25-17)20(24)21-15-5-7-16(8-6-15)22-10-2-3-19(22)23/h5-8,12-13H,2-4,9-11H2,1H3,(H,21,24)/t13-/m1/s1. The molecule has 2 amide bonds. The summed E-state index contributed by atoms with van der Waals surface area (Å²) in [5.41, 5.74) is 3.01. The number of anilines is 2. The lowest BCUT2D eigenvalue weighted by Crippen LogP contribution is -2.23. The molecule has 1 aromatic carbocycles. The van der Waals surface area contributed by atoms with Crippen LogP contribution in [0.3, 0.4) is 0 Å². The number of amides is 2. The second kappa shape index (κ2) is 6.64. The van der Waals surface area contributed by atoms with Gasteiger partial charge in [-0.2, -0.15) is 0 Å². The molecule has 2 aromatic rings. The van der Waals surface area contributed by atoms with Gasteiger partial charge in [0.25, 0.3) is 5.91 Å². The molecular weight excluding hydrogens is 332 g/mol. The summed E-state index contributed by atoms with van der Waals surface area (Å²) in [7, 11) is 0. The molecule has 1 N–H and O–H groups in total. The van der Waals surface area contributed by atoms with Crippen molar-refractivity contribution in [2.75, 3.05) is 16.8 Å². The monoisotopic (exact) mass is 354 g/mol. The average molecular weight is 354 g/mol. The largest absolute Gasteiger partial charge is 0.321 e. The van der Waals surface area contributed by atoms with Crippen molar-refractivity contribution in [2.24, 2.45) is 5.92 Å². The number of rotatable bonds is 3. The SMILES string of the molecule is C[C@@H]1CCc2sc(C(=O)Nc3ccc(N4CCCC4=O)cc3)cc2C1. The molecule has 25 heavy (non-hydrogen) atoms. The van der Waals surface area contributed by atoms with Gasteiger partial charge >= 0.3 is 0 Å². The number of carbonyl (C=O) groups is 2. The zero-order valence-electron chi connectivity index (χ0n) is 14.4. The molecule has 0 radical (unpaired) electrons. The van der Waals surface area contributed by atoms with Crippen molar-refractivity contribution in [2.45, 2.75) is 39.0 Å². The predicted molar refractivity (Wildman–Crippen MR) is 101 cm³/mol. The molecule has 130 valence electrons. The Morgan fingerprint density at radius 1 is 1.24 bits per heavy atom. The zero-order chi connectivity index (χ0) is 17.4. The Bertz CT molecular complexity index is 810. The first kappa shape index (κ1) is 16.3. The van der Waals surface area contributed by atoms with E-state index in [4.69, 9.17) is 0 Å². The first-order valence-electron chi connectivity index (χ1n) is 8.93. The Morgan fingerprint density at radius 2 is 2.04 bits per heavy atom. The summed E-state index contributed by atoms with van der Waals surface area (Å²) in [6.45, 7) is 3.05. The fraction of sp³-hybridized carbons (Fsp3) is 0.400. The molecule has 1 atom stereocenters. The first-order chi connectivity index (χ1) is 12.1. The summed E-state index contributed by atoms with van der Waals surface area (Å²) in [4.78, 5) is 28.3. The normalized spacial score (nSPS) is 19.8. The van der Waals surface area contributed by atoms with Gasteiger partial charge in [0, 0.05) is 29.2 Å². The molecule has 0 spiro atoms. The number of nitrogens with one attached hydrogen (secondary N) is 1. The molecule has 4 nitrogen and oxygen atoms in total. The van der Waals surface area contributed by atoms with E-state index in [1.165, 1.54) is 16.9 Å². The van der Waals surface area contributed by atoms with Crippen molar-refractivity contribution in [3.8, 4) is 0 Å². The van der Waals surface area contributed by atoms with E-state index in [9.17, 15) is 9.59 Å². The third kappa shape index (κ3) is 3.33. The molecule has 1 fully saturated rings. The molecule has 2 heterocycles. The minimum atomic E-state index is -0.0444. The quantitative estimate of drug-likeness (QED) is 0.896. The maximum absolute atomic E-state index is 12.5. The van der Waals surface area contributed by atoms with Gasteiger partial charge in [0.1, 0.15) is 0 Å². The number of benzene rings is 1. The highest BCUT2D eigenvalue weighted by Gasteiger charge is 2.22. The Labute approximate surface area is 151 Å². The molecule has 5 heteroatoms. The molecule has 2 aliphatic rings. The van der Waals surface area contributed by atoms with Crippen molar-refractivity contribution in [3.05, 3.63) is 45.6 Å². The van der Waals surface area contributed by atoms with Gasteiger partial charge in [0.2, 0.25) is 5.91 Å². The van der Waals surface area contributed by atoms with E-state index < -0.39 is 0 Å². The van der Waals surface area contributed by atoms with E-state index in [-0.39, 0.29) is 11.8 Å². The summed E-state index contributed by atoms with van der Waals surface area (Å²) in [5.74, 6) is 0.839. The fourth-order valence-corrected chi connectivity index (χ4v) is 4.76. The minimum absolute atomic E-state index is 0.0444. The average Bonchev–Trinajstić information content (AvgIpc) is 3.21. The summed E-state index contributed by atoms with van der Waals surface area (Å²) in [6, 6.07) is 9.60. The van der Waals surface area contributed by atoms with Crippen LogP contribution in [0.1, 0.15) is 46.3 Å². The van der Waals surface area contributed by atoms with Crippen LogP contribution in [0.15, 0.2) is 30.3 Å². The van der Waals surface area contributed by atoms with Crippen molar-refractivity contribution in [1.29, 1.82) is 0 Å². The van der Waals surface area contributed by atoms with Gasteiger partial charge in [0.15, 0.2) is 0 Å². The van der Waals surface area contributed by atoms with Crippen LogP contribution in [0, 0.1) is 5.92 Å². The number of thiophene rings is 1. The van der Waals surface area contributed by atoms with Gasteiger partial charge in [-0.1, -0.05) is 6.92 Å². The maximum Gasteiger partial charge on any atom is 0.265 e. The van der Waals surface area contributed by atoms with Gasteiger partial charge in [-0.15, -0.1) is 11.3 Å². The summed E-state index contributed by atoms with van der Waals surface area (Å²) < 4.78 is 0. The van der Waals surface area contributed by atoms with E-state index >= 15 is 0 Å². The van der Waals surface area contributed by atoms with Crippen molar-refractivity contribution < 1.29 is 9.59 Å². The van der Waals surface area contributed by atoms with E-state index in [1.807, 2.05) is 24.3 Å². The Balaban J connectivity index is 1.45. The van der Waals surface area contributed by atoms with Gasteiger partial charge in [-0.3, -0.25) is 9.59 Å². The van der Waals surface area contributed by atoms with E-state index in [1.54, 1.807) is 16.2 Å². The lowest BCUT2D eigenvalue weighted by Gasteiger charge is -2.16. The Morgan fingerprint density at radius 3 is 2.76 bits per heavy atom. The second-order valence-electron chi connectivity index (χ2n) is 7.06. The number of carbonyl (C=O) groups excluding carboxylic acids is 2. The molecule has 4 rings (SSSR count). The summed E-state index contributed by atoms with van der Waals surface area (Å²) >= 11 is 1.62. The van der Waals surface area contributed by atoms with Crippen LogP contribution in [0.4, 0.5) is 11.4 Å². The first-order valence-corrected chi connectivity index (χ1v) is 9.75. The highest BCUT2D eigenvalue weighted by Crippen LogP contribution is 2.32. The number of hydrogen-bond acceptors (Lipinski definition) is 3. The lowest BCUT2D eigenvalue weighted by atomic mass is 9.90. The van der Waals surface area contributed by atoms with E-state index in [2.05, 4.69) is 18.3 Å². The van der Waals surface area contributed by atoms with Crippen LogP contribution in [0.5, 0.6) is 0 Å². The zero-order valence-corrected chi connectivity index (χ0v) is 15.2. The van der Waals surface area contributed by atoms with E-state index in [0.29, 0.717) is 12.3 Å². The third-order valence-electron chi connectivity index (χ3n) is 5.06. The molecule has 1 aromatic heterocycles. The van der Waals surface area contributed by atoms with Crippen LogP contribution >= 0.6 is 11.3 Å². The fourth-order valence-electron chi connectivity index (χ4n) is 3.66. The number of fused-ring (bicyclic) bond motifs is 1.